The van der Waals surface area contributed by atoms with Gasteiger partial charge in [0, 0.05) is 36.0 Å². The van der Waals surface area contributed by atoms with E-state index in [0.717, 1.165) is 16.0 Å². The second-order valence-electron chi connectivity index (χ2n) is 5.62. The summed E-state index contributed by atoms with van der Waals surface area (Å²) in [5, 5.41) is 12.6. The number of rotatable bonds is 6. The number of allylic oxidation sites excluding steroid dienone is 1. The molecule has 0 saturated heterocycles. The Kier molecular flexibility index (Phi) is 5.36. The van der Waals surface area contributed by atoms with Crippen LogP contribution in [0.4, 0.5) is 10.2 Å². The van der Waals surface area contributed by atoms with Crippen molar-refractivity contribution in [2.45, 2.75) is 13.0 Å². The fourth-order valence-corrected chi connectivity index (χ4v) is 3.28. The van der Waals surface area contributed by atoms with Crippen molar-refractivity contribution in [3.05, 3.63) is 69.7 Å². The Morgan fingerprint density at radius 1 is 1.33 bits per heavy atom. The molecule has 8 nitrogen and oxygen atoms in total. The molecule has 0 aliphatic rings. The summed E-state index contributed by atoms with van der Waals surface area (Å²) in [6, 6.07) is 3.74. The van der Waals surface area contributed by atoms with Crippen molar-refractivity contribution in [2.75, 3.05) is 5.73 Å². The monoisotopic (exact) mass is 385 g/mol. The Morgan fingerprint density at radius 3 is 2.85 bits per heavy atom. The predicted molar refractivity (Wildman–Crippen MR) is 102 cm³/mol. The van der Waals surface area contributed by atoms with Crippen molar-refractivity contribution in [3.63, 3.8) is 0 Å². The summed E-state index contributed by atoms with van der Waals surface area (Å²) in [7, 11) is 0. The normalized spacial score (nSPS) is 11.1. The standard InChI is InChI=1S/C17H16FN7OS/c18-11-4-13(24-15(21)5-11)9-25-17(26)3-10(7-23-25)14-8-22-16(27-14)6-12(20)1-2-19/h1-5,7-8,20H,6,9,19H2,(H2,21,24)/b2-1-,20-12?. The Hall–Kier alpha value is -3.40. The van der Waals surface area contributed by atoms with E-state index >= 15 is 0 Å². The zero-order valence-electron chi connectivity index (χ0n) is 14.1. The largest absolute Gasteiger partial charge is 0.405 e. The zero-order chi connectivity index (χ0) is 19.4. The van der Waals surface area contributed by atoms with Crippen molar-refractivity contribution >= 4 is 22.9 Å². The van der Waals surface area contributed by atoms with E-state index < -0.39 is 5.82 Å². The van der Waals surface area contributed by atoms with Crippen LogP contribution in [0.5, 0.6) is 0 Å². The molecule has 0 bridgehead atoms. The number of nitrogens with one attached hydrogen (secondary N) is 1. The lowest BCUT2D eigenvalue weighted by Crippen LogP contribution is -2.23. The number of halogens is 1. The summed E-state index contributed by atoms with van der Waals surface area (Å²) in [6.45, 7) is 0.0115. The quantitative estimate of drug-likeness (QED) is 0.551. The van der Waals surface area contributed by atoms with Crippen LogP contribution in [0.25, 0.3) is 10.4 Å². The zero-order valence-corrected chi connectivity index (χ0v) is 14.9. The van der Waals surface area contributed by atoms with Gasteiger partial charge in [-0.15, -0.1) is 11.3 Å². The fourth-order valence-electron chi connectivity index (χ4n) is 2.36. The van der Waals surface area contributed by atoms with Gasteiger partial charge in [0.05, 0.1) is 28.3 Å². The van der Waals surface area contributed by atoms with Gasteiger partial charge in [0.1, 0.15) is 11.6 Å². The number of nitrogen functional groups attached to an aromatic ring is 1. The van der Waals surface area contributed by atoms with Gasteiger partial charge < -0.3 is 16.9 Å². The van der Waals surface area contributed by atoms with E-state index in [1.54, 1.807) is 6.20 Å². The molecule has 0 aliphatic carbocycles. The number of thiazole rings is 1. The molecule has 0 aliphatic heterocycles. The van der Waals surface area contributed by atoms with Crippen LogP contribution >= 0.6 is 11.3 Å². The summed E-state index contributed by atoms with van der Waals surface area (Å²) in [5.41, 5.74) is 11.7. The average Bonchev–Trinajstić information content (AvgIpc) is 3.04. The minimum Gasteiger partial charge on any atom is -0.405 e. The van der Waals surface area contributed by atoms with E-state index in [1.165, 1.54) is 46.6 Å². The SMILES string of the molecule is N=C(/C=C\N)Cc1ncc(-c2cnn(Cc3cc(F)cc(N)n3)c(=O)c2)s1. The second-order valence-corrected chi connectivity index (χ2v) is 6.74. The Labute approximate surface area is 157 Å². The van der Waals surface area contributed by atoms with Gasteiger partial charge in [0.2, 0.25) is 0 Å². The van der Waals surface area contributed by atoms with Gasteiger partial charge in [-0.2, -0.15) is 5.10 Å². The Morgan fingerprint density at radius 2 is 2.15 bits per heavy atom. The topological polar surface area (TPSA) is 137 Å². The summed E-state index contributed by atoms with van der Waals surface area (Å²) in [4.78, 5) is 21.3. The molecule has 3 rings (SSSR count). The summed E-state index contributed by atoms with van der Waals surface area (Å²) >= 11 is 1.37. The van der Waals surface area contributed by atoms with Crippen LogP contribution in [-0.2, 0) is 13.0 Å². The highest BCUT2D eigenvalue weighted by Crippen LogP contribution is 2.25. The molecule has 3 heterocycles. The highest BCUT2D eigenvalue weighted by Gasteiger charge is 2.09. The maximum atomic E-state index is 13.4. The molecule has 0 unspecified atom stereocenters. The molecule has 0 radical (unpaired) electrons. The number of pyridine rings is 1. The minimum absolute atomic E-state index is 0.0115. The van der Waals surface area contributed by atoms with Gasteiger partial charge in [0.15, 0.2) is 0 Å². The van der Waals surface area contributed by atoms with E-state index in [-0.39, 0.29) is 17.9 Å². The Balaban J connectivity index is 1.80. The van der Waals surface area contributed by atoms with Crippen LogP contribution in [0.1, 0.15) is 10.7 Å². The van der Waals surface area contributed by atoms with Crippen molar-refractivity contribution < 1.29 is 4.39 Å². The number of hydrogen-bond donors (Lipinski definition) is 3. The van der Waals surface area contributed by atoms with E-state index in [2.05, 4.69) is 15.1 Å². The molecule has 0 spiro atoms. The molecule has 27 heavy (non-hydrogen) atoms. The first-order chi connectivity index (χ1) is 12.9. The van der Waals surface area contributed by atoms with Gasteiger partial charge in [0.25, 0.3) is 5.56 Å². The maximum absolute atomic E-state index is 13.4. The third-order valence-corrected chi connectivity index (χ3v) is 4.57. The van der Waals surface area contributed by atoms with Crippen LogP contribution in [0.15, 0.2) is 47.7 Å². The number of nitrogens with two attached hydrogens (primary N) is 2. The molecular weight excluding hydrogens is 369 g/mol. The summed E-state index contributed by atoms with van der Waals surface area (Å²) in [6.07, 6.45) is 6.33. The van der Waals surface area contributed by atoms with Gasteiger partial charge in [-0.05, 0) is 18.3 Å². The maximum Gasteiger partial charge on any atom is 0.267 e. The highest BCUT2D eigenvalue weighted by atomic mass is 32.1. The van der Waals surface area contributed by atoms with Crippen LogP contribution in [0.2, 0.25) is 0 Å². The third-order valence-electron chi connectivity index (χ3n) is 3.52. The van der Waals surface area contributed by atoms with E-state index in [0.29, 0.717) is 23.4 Å². The molecule has 138 valence electrons. The first kappa shape index (κ1) is 18.4. The van der Waals surface area contributed by atoms with E-state index in [9.17, 15) is 9.18 Å². The molecule has 0 aromatic carbocycles. The van der Waals surface area contributed by atoms with Crippen LogP contribution < -0.4 is 17.0 Å². The highest BCUT2D eigenvalue weighted by molar-refractivity contribution is 7.15. The number of nitrogens with zero attached hydrogens (tertiary/aromatic N) is 4. The van der Waals surface area contributed by atoms with E-state index in [1.807, 2.05) is 0 Å². The third kappa shape index (κ3) is 4.61. The van der Waals surface area contributed by atoms with Crippen LogP contribution in [-0.4, -0.2) is 25.5 Å². The van der Waals surface area contributed by atoms with Crippen molar-refractivity contribution in [2.24, 2.45) is 5.73 Å². The van der Waals surface area contributed by atoms with Gasteiger partial charge in [-0.25, -0.2) is 19.0 Å². The second kappa shape index (κ2) is 7.87. The number of hydrogen-bond acceptors (Lipinski definition) is 8. The van der Waals surface area contributed by atoms with Crippen molar-refractivity contribution in [1.82, 2.24) is 19.7 Å². The lowest BCUT2D eigenvalue weighted by Gasteiger charge is -2.05. The first-order valence-electron chi connectivity index (χ1n) is 7.84. The molecule has 3 aromatic rings. The average molecular weight is 385 g/mol. The lowest BCUT2D eigenvalue weighted by atomic mass is 10.2. The minimum atomic E-state index is -0.519. The fraction of sp³-hybridized carbons (Fsp3) is 0.118. The van der Waals surface area contributed by atoms with Crippen LogP contribution in [0.3, 0.4) is 0 Å². The smallest absolute Gasteiger partial charge is 0.267 e. The predicted octanol–water partition coefficient (Wildman–Crippen LogP) is 1.57. The molecule has 3 aromatic heterocycles. The molecule has 0 saturated carbocycles. The molecule has 0 fully saturated rings. The summed E-state index contributed by atoms with van der Waals surface area (Å²) in [5.74, 6) is -0.476. The lowest BCUT2D eigenvalue weighted by molar-refractivity contribution is 0.602. The molecule has 0 atom stereocenters. The van der Waals surface area contributed by atoms with E-state index in [4.69, 9.17) is 16.9 Å². The van der Waals surface area contributed by atoms with Gasteiger partial charge in [-0.1, -0.05) is 0 Å². The van der Waals surface area contributed by atoms with Crippen molar-refractivity contribution in [1.29, 1.82) is 5.41 Å². The molecule has 0 amide bonds. The van der Waals surface area contributed by atoms with Crippen LogP contribution in [0, 0.1) is 11.2 Å². The number of aromatic nitrogens is 4. The summed E-state index contributed by atoms with van der Waals surface area (Å²) < 4.78 is 14.6. The number of anilines is 1. The first-order valence-corrected chi connectivity index (χ1v) is 8.66. The van der Waals surface area contributed by atoms with Crippen molar-refractivity contribution in [3.8, 4) is 10.4 Å². The van der Waals surface area contributed by atoms with Gasteiger partial charge >= 0.3 is 0 Å². The molecular formula is C17H16FN7OS. The Bertz CT molecular complexity index is 1050. The molecule has 5 N–H and O–H groups in total. The molecule has 10 heteroatoms. The van der Waals surface area contributed by atoms with Gasteiger partial charge in [-0.3, -0.25) is 4.79 Å².